The molecule has 1 rings (SSSR count). The third-order valence-corrected chi connectivity index (χ3v) is 1.57. The van der Waals surface area contributed by atoms with Crippen molar-refractivity contribution < 1.29 is 4.84 Å². The maximum absolute atomic E-state index is 5.18. The normalized spacial score (nSPS) is 9.64. The molecule has 2 nitrogen and oxygen atoms in total. The smallest absolute Gasteiger partial charge is 0.150 e. The summed E-state index contributed by atoms with van der Waals surface area (Å²) >= 11 is 0. The Hall–Kier alpha value is -1.02. The van der Waals surface area contributed by atoms with Crippen LogP contribution in [0.1, 0.15) is 12.5 Å². The summed E-state index contributed by atoms with van der Waals surface area (Å²) in [7, 11) is 1.76. The van der Waals surface area contributed by atoms with Gasteiger partial charge in [-0.05, 0) is 18.1 Å². The highest BCUT2D eigenvalue weighted by Crippen LogP contribution is 2.16. The maximum atomic E-state index is 5.18. The van der Waals surface area contributed by atoms with E-state index in [-0.39, 0.29) is 0 Å². The second-order valence-electron chi connectivity index (χ2n) is 2.27. The third-order valence-electron chi connectivity index (χ3n) is 1.57. The molecule has 0 unspecified atom stereocenters. The Balaban J connectivity index is 2.83. The molecule has 0 aliphatic rings. The van der Waals surface area contributed by atoms with Gasteiger partial charge >= 0.3 is 0 Å². The van der Waals surface area contributed by atoms with Gasteiger partial charge in [0.1, 0.15) is 5.75 Å². The van der Waals surface area contributed by atoms with E-state index in [1.165, 1.54) is 5.56 Å². The van der Waals surface area contributed by atoms with Gasteiger partial charge in [-0.3, -0.25) is 0 Å². The van der Waals surface area contributed by atoms with Gasteiger partial charge < -0.3 is 4.84 Å². The minimum atomic E-state index is 0.914. The highest BCUT2D eigenvalue weighted by Gasteiger charge is 1.97. The van der Waals surface area contributed by atoms with Crippen LogP contribution in [0.25, 0.3) is 0 Å². The van der Waals surface area contributed by atoms with Gasteiger partial charge in [0.15, 0.2) is 0 Å². The first-order chi connectivity index (χ1) is 5.38. The van der Waals surface area contributed by atoms with Crippen LogP contribution in [0.2, 0.25) is 0 Å². The van der Waals surface area contributed by atoms with E-state index in [1.54, 1.807) is 7.05 Å². The SMILES string of the molecule is CCc1ccccc1ONC. The van der Waals surface area contributed by atoms with Crippen molar-refractivity contribution in [2.24, 2.45) is 0 Å². The number of aryl methyl sites for hydroxylation is 1. The van der Waals surface area contributed by atoms with Crippen molar-refractivity contribution >= 4 is 0 Å². The molecule has 1 aromatic carbocycles. The van der Waals surface area contributed by atoms with Crippen LogP contribution >= 0.6 is 0 Å². The molecular formula is C9H13NO. The summed E-state index contributed by atoms with van der Waals surface area (Å²) in [6.45, 7) is 2.11. The Morgan fingerprint density at radius 1 is 1.36 bits per heavy atom. The highest BCUT2D eigenvalue weighted by molar-refractivity contribution is 5.32. The summed E-state index contributed by atoms with van der Waals surface area (Å²) in [5.41, 5.74) is 3.88. The molecule has 11 heavy (non-hydrogen) atoms. The standard InChI is InChI=1S/C9H13NO/c1-3-8-6-4-5-7-9(8)11-10-2/h4-7,10H,3H2,1-2H3. The quantitative estimate of drug-likeness (QED) is 0.665. The van der Waals surface area contributed by atoms with Gasteiger partial charge in [0, 0.05) is 7.05 Å². The topological polar surface area (TPSA) is 21.3 Å². The fourth-order valence-electron chi connectivity index (χ4n) is 1.01. The first-order valence-corrected chi connectivity index (χ1v) is 3.80. The zero-order chi connectivity index (χ0) is 8.10. The van der Waals surface area contributed by atoms with Gasteiger partial charge in [-0.1, -0.05) is 25.1 Å². The van der Waals surface area contributed by atoms with Crippen molar-refractivity contribution in [1.29, 1.82) is 0 Å². The van der Waals surface area contributed by atoms with Crippen LogP contribution in [0, 0.1) is 0 Å². The molecule has 0 atom stereocenters. The van der Waals surface area contributed by atoms with Crippen molar-refractivity contribution in [1.82, 2.24) is 5.48 Å². The number of benzene rings is 1. The van der Waals surface area contributed by atoms with Crippen LogP contribution in [-0.2, 0) is 6.42 Å². The largest absolute Gasteiger partial charge is 0.409 e. The van der Waals surface area contributed by atoms with E-state index in [2.05, 4.69) is 18.5 Å². The molecule has 2 heteroatoms. The Morgan fingerprint density at radius 3 is 2.73 bits per heavy atom. The summed E-state index contributed by atoms with van der Waals surface area (Å²) in [5, 5.41) is 0. The fraction of sp³-hybridized carbons (Fsp3) is 0.333. The lowest BCUT2D eigenvalue weighted by Gasteiger charge is -2.06. The summed E-state index contributed by atoms with van der Waals surface area (Å²) < 4.78 is 0. The average Bonchev–Trinajstić information content (AvgIpc) is 2.06. The number of hydrogen-bond acceptors (Lipinski definition) is 2. The minimum Gasteiger partial charge on any atom is -0.409 e. The number of hydroxylamine groups is 1. The molecule has 0 bridgehead atoms. The molecule has 0 heterocycles. The zero-order valence-corrected chi connectivity index (χ0v) is 6.92. The molecule has 0 fully saturated rings. The van der Waals surface area contributed by atoms with E-state index in [0.717, 1.165) is 12.2 Å². The van der Waals surface area contributed by atoms with Crippen LogP contribution in [0.5, 0.6) is 5.75 Å². The number of nitrogens with one attached hydrogen (secondary N) is 1. The molecule has 0 saturated heterocycles. The molecule has 0 amide bonds. The second kappa shape index (κ2) is 3.98. The van der Waals surface area contributed by atoms with Crippen molar-refractivity contribution in [2.45, 2.75) is 13.3 Å². The lowest BCUT2D eigenvalue weighted by atomic mass is 10.1. The van der Waals surface area contributed by atoms with Gasteiger partial charge in [0.2, 0.25) is 0 Å². The molecule has 0 aliphatic carbocycles. The van der Waals surface area contributed by atoms with E-state index in [4.69, 9.17) is 4.84 Å². The molecule has 0 saturated carbocycles. The molecular weight excluding hydrogens is 138 g/mol. The van der Waals surface area contributed by atoms with E-state index in [9.17, 15) is 0 Å². The summed E-state index contributed by atoms with van der Waals surface area (Å²) in [4.78, 5) is 5.18. The predicted octanol–water partition coefficient (Wildman–Crippen LogP) is 1.76. The third kappa shape index (κ3) is 1.95. The number of hydrogen-bond donors (Lipinski definition) is 1. The minimum absolute atomic E-state index is 0.914. The average molecular weight is 151 g/mol. The van der Waals surface area contributed by atoms with Crippen molar-refractivity contribution in [3.63, 3.8) is 0 Å². The number of para-hydroxylation sites is 1. The molecule has 1 aromatic rings. The van der Waals surface area contributed by atoms with Gasteiger partial charge in [0.25, 0.3) is 0 Å². The van der Waals surface area contributed by atoms with Crippen LogP contribution in [-0.4, -0.2) is 7.05 Å². The summed E-state index contributed by atoms with van der Waals surface area (Å²) in [6.07, 6.45) is 0.998. The van der Waals surface area contributed by atoms with Gasteiger partial charge in [-0.2, -0.15) is 5.48 Å². The lowest BCUT2D eigenvalue weighted by molar-refractivity contribution is 0.221. The Morgan fingerprint density at radius 2 is 2.09 bits per heavy atom. The first kappa shape index (κ1) is 8.08. The molecule has 1 N–H and O–H groups in total. The van der Waals surface area contributed by atoms with Crippen molar-refractivity contribution in [2.75, 3.05) is 7.05 Å². The predicted molar refractivity (Wildman–Crippen MR) is 45.5 cm³/mol. The second-order valence-corrected chi connectivity index (χ2v) is 2.27. The Labute approximate surface area is 67.1 Å². The number of rotatable bonds is 3. The molecule has 0 aromatic heterocycles. The summed E-state index contributed by atoms with van der Waals surface area (Å²) in [6, 6.07) is 8.00. The van der Waals surface area contributed by atoms with Crippen LogP contribution in [0.15, 0.2) is 24.3 Å². The van der Waals surface area contributed by atoms with E-state index in [1.807, 2.05) is 18.2 Å². The van der Waals surface area contributed by atoms with Gasteiger partial charge in [0.05, 0.1) is 0 Å². The monoisotopic (exact) mass is 151 g/mol. The zero-order valence-electron chi connectivity index (χ0n) is 6.92. The maximum Gasteiger partial charge on any atom is 0.150 e. The van der Waals surface area contributed by atoms with E-state index >= 15 is 0 Å². The lowest BCUT2D eigenvalue weighted by Crippen LogP contribution is -2.12. The van der Waals surface area contributed by atoms with Crippen LogP contribution < -0.4 is 10.3 Å². The van der Waals surface area contributed by atoms with Crippen molar-refractivity contribution in [3.8, 4) is 5.75 Å². The molecule has 0 radical (unpaired) electrons. The van der Waals surface area contributed by atoms with E-state index < -0.39 is 0 Å². The fourth-order valence-corrected chi connectivity index (χ4v) is 1.01. The van der Waals surface area contributed by atoms with Crippen LogP contribution in [0.3, 0.4) is 0 Å². The van der Waals surface area contributed by atoms with E-state index in [0.29, 0.717) is 0 Å². The van der Waals surface area contributed by atoms with Gasteiger partial charge in [-0.25, -0.2) is 0 Å². The first-order valence-electron chi connectivity index (χ1n) is 3.80. The van der Waals surface area contributed by atoms with Gasteiger partial charge in [-0.15, -0.1) is 0 Å². The Bertz CT molecular complexity index is 223. The molecule has 0 aliphatic heterocycles. The Kier molecular flexibility index (Phi) is 2.93. The van der Waals surface area contributed by atoms with Crippen molar-refractivity contribution in [3.05, 3.63) is 29.8 Å². The molecule has 60 valence electrons. The molecule has 0 spiro atoms. The summed E-state index contributed by atoms with van der Waals surface area (Å²) in [5.74, 6) is 0.914. The highest BCUT2D eigenvalue weighted by atomic mass is 16.6. The van der Waals surface area contributed by atoms with Crippen LogP contribution in [0.4, 0.5) is 0 Å².